The van der Waals surface area contributed by atoms with Crippen molar-refractivity contribution < 1.29 is 57.1 Å². The molecule has 8 atom stereocenters. The molecule has 16 heteroatoms. The summed E-state index contributed by atoms with van der Waals surface area (Å²) in [6.45, 7) is -0.982. The lowest BCUT2D eigenvalue weighted by molar-refractivity contribution is -0.0208. The number of hydrogen-bond donors (Lipinski definition) is 5. The van der Waals surface area contributed by atoms with E-state index in [1.54, 1.807) is 7.85 Å². The van der Waals surface area contributed by atoms with Gasteiger partial charge < -0.3 is 34.4 Å². The molecule has 0 aromatic heterocycles. The SMILES string of the molecule is B[C@@H]1O[C@H](COP(=O)(O)O[C@@H]2[C@H](O)[C@H](B)O[C@@H]2COP(=O)(O)O)CC1O. The largest absolute Gasteiger partial charge is 0.472 e. The standard InChI is InChI=1S/C10H22B2O12P2/c11-9-5(13)1-4(22-9)2-21-26(18,19)24-8-6(3-20-25(15,16)17)23-10(12)7(8)14/h4-10,13-14H,1-3,11-12H2,(H,18,19)(H2,15,16,17)/t4-,5?,6+,7-,8-,9+,10+/m0/s1. The fourth-order valence-corrected chi connectivity index (χ4v) is 4.06. The maximum atomic E-state index is 12.1. The highest BCUT2D eigenvalue weighted by atomic mass is 31.2. The van der Waals surface area contributed by atoms with Gasteiger partial charge in [-0.05, 0) is 0 Å². The Bertz CT molecular complexity index is 564. The van der Waals surface area contributed by atoms with Crippen molar-refractivity contribution in [2.75, 3.05) is 13.2 Å². The summed E-state index contributed by atoms with van der Waals surface area (Å²) in [7, 11) is -6.34. The predicted molar refractivity (Wildman–Crippen MR) is 89.7 cm³/mol. The van der Waals surface area contributed by atoms with Gasteiger partial charge in [0.05, 0.1) is 37.4 Å². The Labute approximate surface area is 151 Å². The molecule has 0 saturated carbocycles. The molecule has 2 saturated heterocycles. The van der Waals surface area contributed by atoms with E-state index >= 15 is 0 Å². The molecule has 12 nitrogen and oxygen atoms in total. The van der Waals surface area contributed by atoms with E-state index in [1.165, 1.54) is 7.85 Å². The first-order valence-corrected chi connectivity index (χ1v) is 10.9. The molecule has 0 spiro atoms. The second kappa shape index (κ2) is 8.69. The average Bonchev–Trinajstić information content (AvgIpc) is 2.96. The van der Waals surface area contributed by atoms with Gasteiger partial charge in [-0.15, -0.1) is 0 Å². The van der Waals surface area contributed by atoms with Gasteiger partial charge in [0.2, 0.25) is 0 Å². The fraction of sp³-hybridized carbons (Fsp3) is 1.00. The van der Waals surface area contributed by atoms with E-state index in [4.69, 9.17) is 28.3 Å². The molecule has 2 aliphatic rings. The molecule has 2 heterocycles. The molecule has 2 rings (SSSR count). The molecule has 0 aliphatic carbocycles. The minimum Gasteiger partial charge on any atom is -0.391 e. The number of rotatable bonds is 8. The normalized spacial score (nSPS) is 40.6. The van der Waals surface area contributed by atoms with E-state index in [0.29, 0.717) is 0 Å². The van der Waals surface area contributed by atoms with Crippen LogP contribution in [-0.2, 0) is 32.2 Å². The van der Waals surface area contributed by atoms with Crippen molar-refractivity contribution in [1.29, 1.82) is 0 Å². The Morgan fingerprint density at radius 1 is 1.00 bits per heavy atom. The summed E-state index contributed by atoms with van der Waals surface area (Å²) in [5.41, 5.74) is 0. The van der Waals surface area contributed by atoms with Gasteiger partial charge in [-0.2, -0.15) is 0 Å². The van der Waals surface area contributed by atoms with E-state index in [1.807, 2.05) is 0 Å². The Hall–Kier alpha value is 0.190. The highest BCUT2D eigenvalue weighted by molar-refractivity contribution is 7.47. The number of hydrogen-bond acceptors (Lipinski definition) is 9. The minimum atomic E-state index is -4.79. The van der Waals surface area contributed by atoms with Crippen LogP contribution in [0.2, 0.25) is 0 Å². The zero-order chi connectivity index (χ0) is 19.7. The summed E-state index contributed by atoms with van der Waals surface area (Å²) in [6.07, 6.45) is -5.01. The first kappa shape index (κ1) is 22.5. The number of aliphatic hydroxyl groups excluding tert-OH is 2. The molecular formula is C10H22B2O12P2. The van der Waals surface area contributed by atoms with Crippen molar-refractivity contribution in [1.82, 2.24) is 0 Å². The van der Waals surface area contributed by atoms with E-state index in [2.05, 4.69) is 4.52 Å². The van der Waals surface area contributed by atoms with Crippen molar-refractivity contribution in [3.63, 3.8) is 0 Å². The Morgan fingerprint density at radius 2 is 1.65 bits per heavy atom. The van der Waals surface area contributed by atoms with Gasteiger partial charge in [0, 0.05) is 6.42 Å². The van der Waals surface area contributed by atoms with Crippen LogP contribution in [0.15, 0.2) is 0 Å². The Balaban J connectivity index is 1.91. The van der Waals surface area contributed by atoms with Crippen LogP contribution < -0.4 is 0 Å². The van der Waals surface area contributed by atoms with Crippen molar-refractivity contribution >= 4 is 31.3 Å². The molecule has 2 aliphatic heterocycles. The second-order valence-electron chi connectivity index (χ2n) is 6.26. The number of phosphoric acid groups is 2. The van der Waals surface area contributed by atoms with Crippen LogP contribution in [-0.4, -0.2) is 96.3 Å². The first-order valence-electron chi connectivity index (χ1n) is 7.91. The van der Waals surface area contributed by atoms with Gasteiger partial charge >= 0.3 is 15.6 Å². The molecule has 26 heavy (non-hydrogen) atoms. The Morgan fingerprint density at radius 3 is 2.19 bits per heavy atom. The van der Waals surface area contributed by atoms with Crippen LogP contribution in [0.4, 0.5) is 0 Å². The Kier molecular flexibility index (Phi) is 7.51. The third-order valence-electron chi connectivity index (χ3n) is 4.11. The molecule has 0 aromatic carbocycles. The van der Waals surface area contributed by atoms with Crippen LogP contribution >= 0.6 is 15.6 Å². The lowest BCUT2D eigenvalue weighted by Gasteiger charge is -2.24. The van der Waals surface area contributed by atoms with E-state index < -0.39 is 64.8 Å². The maximum absolute atomic E-state index is 12.1. The number of aliphatic hydroxyl groups is 2. The highest BCUT2D eigenvalue weighted by Crippen LogP contribution is 2.48. The smallest absolute Gasteiger partial charge is 0.391 e. The van der Waals surface area contributed by atoms with Crippen molar-refractivity contribution in [3.05, 3.63) is 0 Å². The third-order valence-corrected chi connectivity index (χ3v) is 5.58. The minimum absolute atomic E-state index is 0.228. The monoisotopic (exact) mass is 418 g/mol. The molecule has 5 N–H and O–H groups in total. The molecule has 0 radical (unpaired) electrons. The van der Waals surface area contributed by atoms with Gasteiger partial charge in [-0.3, -0.25) is 13.6 Å². The average molecular weight is 418 g/mol. The van der Waals surface area contributed by atoms with Crippen LogP contribution in [0.3, 0.4) is 0 Å². The first-order chi connectivity index (χ1) is 11.9. The molecule has 0 aromatic rings. The van der Waals surface area contributed by atoms with Crippen LogP contribution in [0.1, 0.15) is 6.42 Å². The summed E-state index contributed by atoms with van der Waals surface area (Å²) in [4.78, 5) is 27.3. The lowest BCUT2D eigenvalue weighted by atomic mass is 9.93. The molecule has 0 amide bonds. The quantitative estimate of drug-likeness (QED) is 0.194. The van der Waals surface area contributed by atoms with Gasteiger partial charge in [0.1, 0.15) is 34.0 Å². The topological polar surface area (TPSA) is 181 Å². The summed E-state index contributed by atoms with van der Waals surface area (Å²) in [5, 5.41) is 19.6. The van der Waals surface area contributed by atoms with Gasteiger partial charge in [-0.1, -0.05) is 0 Å². The number of phosphoric ester groups is 2. The molecular weight excluding hydrogens is 396 g/mol. The van der Waals surface area contributed by atoms with Gasteiger partial charge in [-0.25, -0.2) is 9.13 Å². The fourth-order valence-electron chi connectivity index (χ4n) is 2.74. The zero-order valence-corrected chi connectivity index (χ0v) is 15.9. The van der Waals surface area contributed by atoms with Crippen LogP contribution in [0.25, 0.3) is 0 Å². The molecule has 150 valence electrons. The van der Waals surface area contributed by atoms with E-state index in [9.17, 15) is 24.2 Å². The molecule has 2 unspecified atom stereocenters. The predicted octanol–water partition coefficient (Wildman–Crippen LogP) is -3.57. The molecule has 0 bridgehead atoms. The van der Waals surface area contributed by atoms with Gasteiger partial charge in [0.25, 0.3) is 0 Å². The number of ether oxygens (including phenoxy) is 2. The van der Waals surface area contributed by atoms with Crippen molar-refractivity contribution in [3.8, 4) is 0 Å². The van der Waals surface area contributed by atoms with Crippen molar-refractivity contribution in [2.24, 2.45) is 0 Å². The summed E-state index contributed by atoms with van der Waals surface area (Å²) < 4.78 is 47.6. The van der Waals surface area contributed by atoms with Crippen molar-refractivity contribution in [2.45, 2.75) is 48.9 Å². The van der Waals surface area contributed by atoms with Crippen LogP contribution in [0.5, 0.6) is 0 Å². The summed E-state index contributed by atoms with van der Waals surface area (Å²) >= 11 is 0. The third kappa shape index (κ3) is 6.37. The van der Waals surface area contributed by atoms with Crippen LogP contribution in [0, 0.1) is 0 Å². The summed E-state index contributed by atoms with van der Waals surface area (Å²) in [6, 6.07) is -1.25. The van der Waals surface area contributed by atoms with E-state index in [-0.39, 0.29) is 13.0 Å². The summed E-state index contributed by atoms with van der Waals surface area (Å²) in [5.74, 6) is 0. The zero-order valence-electron chi connectivity index (χ0n) is 14.2. The lowest BCUT2D eigenvalue weighted by Crippen LogP contribution is -2.36. The maximum Gasteiger partial charge on any atom is 0.472 e. The highest BCUT2D eigenvalue weighted by Gasteiger charge is 2.47. The molecule has 2 fully saturated rings. The second-order valence-corrected chi connectivity index (χ2v) is 8.90. The van der Waals surface area contributed by atoms with Gasteiger partial charge in [0.15, 0.2) is 0 Å². The van der Waals surface area contributed by atoms with E-state index in [0.717, 1.165) is 0 Å².